The molecule has 0 aliphatic heterocycles. The number of aryl methyl sites for hydroxylation is 1. The van der Waals surface area contributed by atoms with E-state index in [4.69, 9.17) is 10.5 Å². The van der Waals surface area contributed by atoms with Crippen molar-refractivity contribution in [2.75, 3.05) is 0 Å². The van der Waals surface area contributed by atoms with E-state index in [-0.39, 0.29) is 18.0 Å². The average molecular weight is 247 g/mol. The van der Waals surface area contributed by atoms with E-state index >= 15 is 0 Å². The second-order valence-corrected chi connectivity index (χ2v) is 5.29. The minimum absolute atomic E-state index is 0.108. The predicted molar refractivity (Wildman–Crippen MR) is 71.0 cm³/mol. The van der Waals surface area contributed by atoms with Gasteiger partial charge >= 0.3 is 5.97 Å². The van der Waals surface area contributed by atoms with Crippen LogP contribution in [0.3, 0.4) is 0 Å². The number of esters is 1. The van der Waals surface area contributed by atoms with E-state index in [1.54, 1.807) is 0 Å². The molecule has 2 unspecified atom stereocenters. The van der Waals surface area contributed by atoms with Gasteiger partial charge in [0.2, 0.25) is 0 Å². The fourth-order valence-corrected chi connectivity index (χ4v) is 2.32. The van der Waals surface area contributed by atoms with Crippen molar-refractivity contribution in [3.63, 3.8) is 0 Å². The fraction of sp³-hybridized carbons (Fsp3) is 0.533. The Morgan fingerprint density at radius 1 is 1.39 bits per heavy atom. The fourth-order valence-electron chi connectivity index (χ4n) is 2.32. The molecule has 1 aliphatic rings. The normalized spacial score (nSPS) is 20.3. The SMILES string of the molecule is CC(C)C(N)C(=O)OC1CCCc2ccccc21. The number of carbonyl (C=O) groups is 1. The maximum Gasteiger partial charge on any atom is 0.323 e. The molecule has 0 fully saturated rings. The molecule has 3 heteroatoms. The maximum absolute atomic E-state index is 11.9. The molecule has 0 spiro atoms. The van der Waals surface area contributed by atoms with Crippen molar-refractivity contribution >= 4 is 5.97 Å². The Morgan fingerprint density at radius 3 is 2.83 bits per heavy atom. The second-order valence-electron chi connectivity index (χ2n) is 5.29. The van der Waals surface area contributed by atoms with Gasteiger partial charge in [0.15, 0.2) is 0 Å². The summed E-state index contributed by atoms with van der Waals surface area (Å²) in [7, 11) is 0. The highest BCUT2D eigenvalue weighted by molar-refractivity contribution is 5.76. The van der Waals surface area contributed by atoms with Crippen molar-refractivity contribution in [2.45, 2.75) is 45.3 Å². The van der Waals surface area contributed by atoms with E-state index in [9.17, 15) is 4.79 Å². The third kappa shape index (κ3) is 2.72. The van der Waals surface area contributed by atoms with Gasteiger partial charge in [-0.05, 0) is 36.3 Å². The summed E-state index contributed by atoms with van der Waals surface area (Å²) in [6.45, 7) is 3.86. The molecule has 0 heterocycles. The van der Waals surface area contributed by atoms with Crippen LogP contribution in [0.5, 0.6) is 0 Å². The lowest BCUT2D eigenvalue weighted by molar-refractivity contribution is -0.152. The molecule has 2 rings (SSSR count). The van der Waals surface area contributed by atoms with Gasteiger partial charge in [-0.1, -0.05) is 38.1 Å². The van der Waals surface area contributed by atoms with Crippen LogP contribution in [0.1, 0.15) is 43.9 Å². The highest BCUT2D eigenvalue weighted by atomic mass is 16.5. The number of ether oxygens (including phenoxy) is 1. The van der Waals surface area contributed by atoms with E-state index in [1.165, 1.54) is 5.56 Å². The zero-order valence-corrected chi connectivity index (χ0v) is 11.1. The number of fused-ring (bicyclic) bond motifs is 1. The highest BCUT2D eigenvalue weighted by Crippen LogP contribution is 2.32. The average Bonchev–Trinajstić information content (AvgIpc) is 2.38. The Morgan fingerprint density at radius 2 is 2.11 bits per heavy atom. The third-order valence-electron chi connectivity index (χ3n) is 3.56. The molecule has 3 nitrogen and oxygen atoms in total. The molecule has 0 amide bonds. The molecule has 1 aliphatic carbocycles. The highest BCUT2D eigenvalue weighted by Gasteiger charge is 2.26. The van der Waals surface area contributed by atoms with E-state index in [0.717, 1.165) is 24.8 Å². The van der Waals surface area contributed by atoms with Crippen molar-refractivity contribution in [3.05, 3.63) is 35.4 Å². The second kappa shape index (κ2) is 5.53. The lowest BCUT2D eigenvalue weighted by Gasteiger charge is -2.27. The van der Waals surface area contributed by atoms with Gasteiger partial charge in [-0.2, -0.15) is 0 Å². The Balaban J connectivity index is 2.10. The van der Waals surface area contributed by atoms with Crippen LogP contribution < -0.4 is 5.73 Å². The van der Waals surface area contributed by atoms with Crippen LogP contribution in [0, 0.1) is 5.92 Å². The van der Waals surface area contributed by atoms with Crippen molar-refractivity contribution in [1.29, 1.82) is 0 Å². The molecule has 0 bridgehead atoms. The molecule has 1 aromatic carbocycles. The van der Waals surface area contributed by atoms with Crippen LogP contribution in [0.4, 0.5) is 0 Å². The minimum atomic E-state index is -0.529. The molecular weight excluding hydrogens is 226 g/mol. The van der Waals surface area contributed by atoms with Crippen LogP contribution in [0.15, 0.2) is 24.3 Å². The molecule has 18 heavy (non-hydrogen) atoms. The number of rotatable bonds is 3. The Kier molecular flexibility index (Phi) is 4.02. The lowest BCUT2D eigenvalue weighted by atomic mass is 9.89. The largest absolute Gasteiger partial charge is 0.456 e. The first kappa shape index (κ1) is 13.1. The summed E-state index contributed by atoms with van der Waals surface area (Å²) in [6.07, 6.45) is 2.91. The Bertz CT molecular complexity index is 428. The molecule has 2 N–H and O–H groups in total. The number of benzene rings is 1. The van der Waals surface area contributed by atoms with Gasteiger partial charge in [0.25, 0.3) is 0 Å². The Hall–Kier alpha value is -1.35. The van der Waals surface area contributed by atoms with Gasteiger partial charge in [0.1, 0.15) is 12.1 Å². The van der Waals surface area contributed by atoms with Gasteiger partial charge in [-0.15, -0.1) is 0 Å². The molecule has 2 atom stereocenters. The van der Waals surface area contributed by atoms with Crippen LogP contribution in [0.2, 0.25) is 0 Å². The van der Waals surface area contributed by atoms with E-state index < -0.39 is 6.04 Å². The molecule has 1 aromatic rings. The quantitative estimate of drug-likeness (QED) is 0.835. The van der Waals surface area contributed by atoms with Gasteiger partial charge in [-0.3, -0.25) is 4.79 Å². The maximum atomic E-state index is 11.9. The van der Waals surface area contributed by atoms with Crippen LogP contribution >= 0.6 is 0 Å². The molecule has 98 valence electrons. The summed E-state index contributed by atoms with van der Waals surface area (Å²) in [5.41, 5.74) is 8.26. The summed E-state index contributed by atoms with van der Waals surface area (Å²) in [5, 5.41) is 0. The molecule has 0 saturated heterocycles. The van der Waals surface area contributed by atoms with Gasteiger partial charge < -0.3 is 10.5 Å². The number of nitrogens with two attached hydrogens (primary N) is 1. The Labute approximate surface area is 108 Å². The summed E-state index contributed by atoms with van der Waals surface area (Å²) in [6, 6.07) is 7.65. The standard InChI is InChI=1S/C15H21NO2/c1-10(2)14(16)15(17)18-13-9-5-7-11-6-3-4-8-12(11)13/h3-4,6,8,10,13-14H,5,7,9,16H2,1-2H3. The van der Waals surface area contributed by atoms with Crippen LogP contribution in [-0.2, 0) is 16.0 Å². The van der Waals surface area contributed by atoms with E-state index in [0.29, 0.717) is 0 Å². The summed E-state index contributed by atoms with van der Waals surface area (Å²) in [5.74, 6) is -0.178. The summed E-state index contributed by atoms with van der Waals surface area (Å²) in [4.78, 5) is 11.9. The summed E-state index contributed by atoms with van der Waals surface area (Å²) >= 11 is 0. The summed E-state index contributed by atoms with van der Waals surface area (Å²) < 4.78 is 5.58. The van der Waals surface area contributed by atoms with Crippen LogP contribution in [0.25, 0.3) is 0 Å². The predicted octanol–water partition coefficient (Wildman–Crippen LogP) is 2.59. The zero-order chi connectivity index (χ0) is 13.1. The van der Waals surface area contributed by atoms with Crippen molar-refractivity contribution < 1.29 is 9.53 Å². The molecular formula is C15H21NO2. The van der Waals surface area contributed by atoms with Gasteiger partial charge in [-0.25, -0.2) is 0 Å². The van der Waals surface area contributed by atoms with Crippen LogP contribution in [-0.4, -0.2) is 12.0 Å². The third-order valence-corrected chi connectivity index (χ3v) is 3.56. The van der Waals surface area contributed by atoms with Crippen molar-refractivity contribution in [2.24, 2.45) is 11.7 Å². The van der Waals surface area contributed by atoms with E-state index in [1.807, 2.05) is 32.0 Å². The molecule has 0 aromatic heterocycles. The van der Waals surface area contributed by atoms with Gasteiger partial charge in [0.05, 0.1) is 0 Å². The smallest absolute Gasteiger partial charge is 0.323 e. The monoisotopic (exact) mass is 247 g/mol. The molecule has 0 radical (unpaired) electrons. The van der Waals surface area contributed by atoms with Crippen molar-refractivity contribution in [1.82, 2.24) is 0 Å². The molecule has 0 saturated carbocycles. The number of carbonyl (C=O) groups excluding carboxylic acids is 1. The first-order valence-corrected chi connectivity index (χ1v) is 6.63. The first-order chi connectivity index (χ1) is 8.59. The first-order valence-electron chi connectivity index (χ1n) is 6.63. The van der Waals surface area contributed by atoms with E-state index in [2.05, 4.69) is 6.07 Å². The number of hydrogen-bond donors (Lipinski definition) is 1. The topological polar surface area (TPSA) is 52.3 Å². The zero-order valence-electron chi connectivity index (χ0n) is 11.1. The van der Waals surface area contributed by atoms with Crippen molar-refractivity contribution in [3.8, 4) is 0 Å². The van der Waals surface area contributed by atoms with Gasteiger partial charge in [0, 0.05) is 0 Å². The lowest BCUT2D eigenvalue weighted by Crippen LogP contribution is -2.38. The number of hydrogen-bond acceptors (Lipinski definition) is 3. The minimum Gasteiger partial charge on any atom is -0.456 e.